The number of nitrogens with zero attached hydrogens (tertiary/aromatic N) is 1. The van der Waals surface area contributed by atoms with Gasteiger partial charge >= 0.3 is 0 Å². The van der Waals surface area contributed by atoms with Crippen molar-refractivity contribution in [3.8, 4) is 11.5 Å². The highest BCUT2D eigenvalue weighted by atomic mass is 16.5. The Morgan fingerprint density at radius 2 is 1.47 bits per heavy atom. The molecule has 0 fully saturated rings. The van der Waals surface area contributed by atoms with E-state index < -0.39 is 0 Å². The molecule has 3 aromatic rings. The van der Waals surface area contributed by atoms with Crippen molar-refractivity contribution in [2.45, 2.75) is 6.42 Å². The second kappa shape index (κ2) is 9.39. The van der Waals surface area contributed by atoms with Gasteiger partial charge in [0, 0.05) is 17.8 Å². The molecule has 6 nitrogen and oxygen atoms in total. The molecule has 0 saturated heterocycles. The fourth-order valence-electron chi connectivity index (χ4n) is 3.70. The van der Waals surface area contributed by atoms with Gasteiger partial charge in [-0.3, -0.25) is 14.5 Å². The van der Waals surface area contributed by atoms with Crippen LogP contribution in [0.2, 0.25) is 0 Å². The van der Waals surface area contributed by atoms with Crippen molar-refractivity contribution in [2.24, 2.45) is 0 Å². The van der Waals surface area contributed by atoms with Crippen molar-refractivity contribution in [3.05, 3.63) is 95.7 Å². The molecule has 3 aromatic carbocycles. The third-order valence-electron chi connectivity index (χ3n) is 5.37. The van der Waals surface area contributed by atoms with Gasteiger partial charge in [0.2, 0.25) is 0 Å². The minimum Gasteiger partial charge on any atom is -0.497 e. The van der Waals surface area contributed by atoms with Crippen LogP contribution in [0, 0.1) is 0 Å². The number of rotatable bonds is 8. The van der Waals surface area contributed by atoms with Crippen LogP contribution in [0.1, 0.15) is 11.1 Å². The third kappa shape index (κ3) is 4.21. The molecule has 0 radical (unpaired) electrons. The molecule has 1 N–H and O–H groups in total. The molecule has 1 aliphatic heterocycles. The van der Waals surface area contributed by atoms with Crippen LogP contribution in [-0.2, 0) is 16.0 Å². The fourth-order valence-corrected chi connectivity index (χ4v) is 3.70. The van der Waals surface area contributed by atoms with Crippen molar-refractivity contribution in [1.82, 2.24) is 4.90 Å². The second-order valence-electron chi connectivity index (χ2n) is 7.30. The molecule has 0 unspecified atom stereocenters. The van der Waals surface area contributed by atoms with Gasteiger partial charge in [-0.15, -0.1) is 0 Å². The summed E-state index contributed by atoms with van der Waals surface area (Å²) in [5, 5.41) is 3.16. The van der Waals surface area contributed by atoms with E-state index in [0.717, 1.165) is 5.56 Å². The minimum atomic E-state index is -0.359. The lowest BCUT2D eigenvalue weighted by Gasteiger charge is -2.15. The number of anilines is 1. The zero-order chi connectivity index (χ0) is 22.5. The number of para-hydroxylation sites is 1. The van der Waals surface area contributed by atoms with Crippen LogP contribution in [0.15, 0.2) is 84.6 Å². The molecule has 0 aromatic heterocycles. The highest BCUT2D eigenvalue weighted by molar-refractivity contribution is 6.37. The van der Waals surface area contributed by atoms with Gasteiger partial charge in [-0.25, -0.2) is 0 Å². The topological polar surface area (TPSA) is 67.9 Å². The number of benzene rings is 3. The molecule has 4 rings (SSSR count). The third-order valence-corrected chi connectivity index (χ3v) is 5.37. The van der Waals surface area contributed by atoms with E-state index in [1.807, 2.05) is 42.5 Å². The molecule has 6 heteroatoms. The summed E-state index contributed by atoms with van der Waals surface area (Å²) in [4.78, 5) is 28.1. The average molecular weight is 428 g/mol. The fraction of sp³-hybridized carbons (Fsp3) is 0.154. The second-order valence-corrected chi connectivity index (χ2v) is 7.30. The summed E-state index contributed by atoms with van der Waals surface area (Å²) in [5.74, 6) is 0.532. The standard InChI is InChI=1S/C26H24N2O4/c1-31-20-14-12-19(13-15-20)27-24-23(21-10-6-7-11-22(21)32-2)25(29)28(26(24)30)17-16-18-8-4-3-5-9-18/h3-15,27H,16-17H2,1-2H3. The number of hydrogen-bond donors (Lipinski definition) is 1. The number of methoxy groups -OCH3 is 2. The van der Waals surface area contributed by atoms with Crippen LogP contribution < -0.4 is 14.8 Å². The van der Waals surface area contributed by atoms with Gasteiger partial charge in [0.25, 0.3) is 11.8 Å². The van der Waals surface area contributed by atoms with Crippen molar-refractivity contribution in [3.63, 3.8) is 0 Å². The quantitative estimate of drug-likeness (QED) is 0.546. The molecule has 0 spiro atoms. The first kappa shape index (κ1) is 21.2. The number of hydrogen-bond acceptors (Lipinski definition) is 5. The van der Waals surface area contributed by atoms with Crippen molar-refractivity contribution in [2.75, 3.05) is 26.1 Å². The van der Waals surface area contributed by atoms with Gasteiger partial charge < -0.3 is 14.8 Å². The predicted molar refractivity (Wildman–Crippen MR) is 123 cm³/mol. The Labute approximate surface area is 187 Å². The summed E-state index contributed by atoms with van der Waals surface area (Å²) < 4.78 is 10.7. The van der Waals surface area contributed by atoms with Crippen LogP contribution >= 0.6 is 0 Å². The van der Waals surface area contributed by atoms with Crippen LogP contribution in [0.4, 0.5) is 5.69 Å². The largest absolute Gasteiger partial charge is 0.497 e. The van der Waals surface area contributed by atoms with Crippen LogP contribution in [0.25, 0.3) is 5.57 Å². The predicted octanol–water partition coefficient (Wildman–Crippen LogP) is 4.14. The Morgan fingerprint density at radius 1 is 0.781 bits per heavy atom. The van der Waals surface area contributed by atoms with E-state index in [9.17, 15) is 9.59 Å². The summed E-state index contributed by atoms with van der Waals surface area (Å²) in [6.45, 7) is 0.286. The normalized spacial score (nSPS) is 13.5. The maximum atomic E-state index is 13.4. The number of imide groups is 1. The maximum Gasteiger partial charge on any atom is 0.278 e. The van der Waals surface area contributed by atoms with Gasteiger partial charge in [-0.2, -0.15) is 0 Å². The molecule has 32 heavy (non-hydrogen) atoms. The molecule has 0 saturated carbocycles. The number of amides is 2. The van der Waals surface area contributed by atoms with Gasteiger partial charge in [-0.1, -0.05) is 48.5 Å². The van der Waals surface area contributed by atoms with Gasteiger partial charge in [-0.05, 0) is 42.3 Å². The molecule has 162 valence electrons. The molecular formula is C26H24N2O4. The van der Waals surface area contributed by atoms with Crippen molar-refractivity contribution in [1.29, 1.82) is 0 Å². The zero-order valence-electron chi connectivity index (χ0n) is 18.0. The maximum absolute atomic E-state index is 13.4. The molecule has 1 aliphatic rings. The Balaban J connectivity index is 1.70. The molecule has 2 amide bonds. The van der Waals surface area contributed by atoms with Crippen LogP contribution in [-0.4, -0.2) is 37.5 Å². The van der Waals surface area contributed by atoms with E-state index in [1.165, 1.54) is 4.90 Å². The number of carbonyl (C=O) groups is 2. The number of carbonyl (C=O) groups excluding carboxylic acids is 2. The molecular weight excluding hydrogens is 404 g/mol. The lowest BCUT2D eigenvalue weighted by molar-refractivity contribution is -0.136. The molecule has 0 aliphatic carbocycles. The lowest BCUT2D eigenvalue weighted by atomic mass is 10.0. The summed E-state index contributed by atoms with van der Waals surface area (Å²) in [5.41, 5.74) is 2.85. The van der Waals surface area contributed by atoms with E-state index >= 15 is 0 Å². The number of nitrogens with one attached hydrogen (secondary N) is 1. The molecule has 1 heterocycles. The summed E-state index contributed by atoms with van der Waals surface area (Å²) in [7, 11) is 3.14. The zero-order valence-corrected chi connectivity index (χ0v) is 18.0. The van der Waals surface area contributed by atoms with E-state index in [1.54, 1.807) is 50.6 Å². The average Bonchev–Trinajstić information content (AvgIpc) is 3.07. The van der Waals surface area contributed by atoms with Crippen molar-refractivity contribution >= 4 is 23.1 Å². The number of ether oxygens (including phenoxy) is 2. The highest BCUT2D eigenvalue weighted by Gasteiger charge is 2.40. The van der Waals surface area contributed by atoms with Crippen LogP contribution in [0.3, 0.4) is 0 Å². The van der Waals surface area contributed by atoms with E-state index in [4.69, 9.17) is 9.47 Å². The van der Waals surface area contributed by atoms with E-state index in [2.05, 4.69) is 5.32 Å². The summed E-state index contributed by atoms with van der Waals surface area (Å²) in [6.07, 6.45) is 0.577. The smallest absolute Gasteiger partial charge is 0.278 e. The Kier molecular flexibility index (Phi) is 6.22. The Morgan fingerprint density at radius 3 is 2.16 bits per heavy atom. The van der Waals surface area contributed by atoms with Gasteiger partial charge in [0.1, 0.15) is 17.2 Å². The first-order valence-corrected chi connectivity index (χ1v) is 10.3. The van der Waals surface area contributed by atoms with Crippen molar-refractivity contribution < 1.29 is 19.1 Å². The Bertz CT molecular complexity index is 1150. The first-order chi connectivity index (χ1) is 15.6. The lowest BCUT2D eigenvalue weighted by Crippen LogP contribution is -2.34. The van der Waals surface area contributed by atoms with E-state index in [0.29, 0.717) is 34.7 Å². The SMILES string of the molecule is COc1ccc(NC2=C(c3ccccc3OC)C(=O)N(CCc3ccccc3)C2=O)cc1. The monoisotopic (exact) mass is 428 g/mol. The molecule has 0 atom stereocenters. The summed E-state index contributed by atoms with van der Waals surface area (Å²) in [6, 6.07) is 24.2. The Hall–Kier alpha value is -4.06. The molecule has 0 bridgehead atoms. The first-order valence-electron chi connectivity index (χ1n) is 10.3. The highest BCUT2D eigenvalue weighted by Crippen LogP contribution is 2.35. The van der Waals surface area contributed by atoms with E-state index in [-0.39, 0.29) is 24.1 Å². The van der Waals surface area contributed by atoms with Gasteiger partial charge in [0.15, 0.2) is 0 Å². The minimum absolute atomic E-state index is 0.234. The summed E-state index contributed by atoms with van der Waals surface area (Å²) >= 11 is 0. The van der Waals surface area contributed by atoms with Gasteiger partial charge in [0.05, 0.1) is 19.8 Å². The van der Waals surface area contributed by atoms with Crippen LogP contribution in [0.5, 0.6) is 11.5 Å².